The minimum absolute atomic E-state index is 0.413. The van der Waals surface area contributed by atoms with E-state index >= 15 is 0 Å². The van der Waals surface area contributed by atoms with Crippen molar-refractivity contribution in [2.24, 2.45) is 14.1 Å². The van der Waals surface area contributed by atoms with Gasteiger partial charge < -0.3 is 10.1 Å². The number of ether oxygens (including phenoxy) is 1. The lowest BCUT2D eigenvalue weighted by molar-refractivity contribution is 0.0662. The maximum absolute atomic E-state index is 5.52. The molecule has 1 N–H and O–H groups in total. The second-order valence-corrected chi connectivity index (χ2v) is 10.4. The van der Waals surface area contributed by atoms with Crippen molar-refractivity contribution in [2.75, 3.05) is 18.5 Å². The molecule has 4 aromatic heterocycles. The summed E-state index contributed by atoms with van der Waals surface area (Å²) in [6.45, 7) is 1.61. The fraction of sp³-hybridized carbons (Fsp3) is 0.345. The molecule has 198 valence electrons. The van der Waals surface area contributed by atoms with E-state index in [9.17, 15) is 0 Å². The first-order valence-corrected chi connectivity index (χ1v) is 13.5. The Kier molecular flexibility index (Phi) is 5.96. The van der Waals surface area contributed by atoms with Crippen LogP contribution < -0.4 is 5.32 Å². The van der Waals surface area contributed by atoms with E-state index in [4.69, 9.17) is 14.8 Å². The van der Waals surface area contributed by atoms with Crippen molar-refractivity contribution in [3.63, 3.8) is 0 Å². The van der Waals surface area contributed by atoms with Gasteiger partial charge in [0.2, 0.25) is 5.95 Å². The molecule has 0 radical (unpaired) electrons. The minimum atomic E-state index is 0.413. The average Bonchev–Trinajstić information content (AvgIpc) is 3.69. The molecule has 39 heavy (non-hydrogen) atoms. The maximum atomic E-state index is 5.52. The molecule has 10 heteroatoms. The second kappa shape index (κ2) is 9.77. The van der Waals surface area contributed by atoms with Crippen molar-refractivity contribution in [3.05, 3.63) is 77.6 Å². The zero-order valence-corrected chi connectivity index (χ0v) is 22.2. The highest BCUT2D eigenvalue weighted by molar-refractivity contribution is 5.72. The number of nitrogens with one attached hydrogen (secondary N) is 1. The highest BCUT2D eigenvalue weighted by Gasteiger charge is 2.26. The molecule has 0 spiro atoms. The number of hydrogen-bond donors (Lipinski definition) is 1. The number of aromatic nitrogens is 8. The highest BCUT2D eigenvalue weighted by atomic mass is 16.5. The molecule has 0 unspecified atom stereocenters. The average molecular weight is 522 g/mol. The number of fused-ring (bicyclic) bond motifs is 3. The molecule has 10 nitrogen and oxygen atoms in total. The zero-order chi connectivity index (χ0) is 26.3. The van der Waals surface area contributed by atoms with E-state index in [0.717, 1.165) is 84.9 Å². The van der Waals surface area contributed by atoms with Crippen LogP contribution in [-0.2, 0) is 38.1 Å². The van der Waals surface area contributed by atoms with Gasteiger partial charge in [-0.1, -0.05) is 24.3 Å². The van der Waals surface area contributed by atoms with Crippen LogP contribution in [0.5, 0.6) is 0 Å². The molecular weight excluding hydrogens is 490 g/mol. The summed E-state index contributed by atoms with van der Waals surface area (Å²) in [5.41, 5.74) is 9.03. The van der Waals surface area contributed by atoms with Crippen LogP contribution in [0.25, 0.3) is 22.4 Å². The predicted molar refractivity (Wildman–Crippen MR) is 148 cm³/mol. The molecule has 1 aromatic carbocycles. The third-order valence-corrected chi connectivity index (χ3v) is 7.72. The number of aryl methyl sites for hydroxylation is 4. The summed E-state index contributed by atoms with van der Waals surface area (Å²) < 4.78 is 11.4. The van der Waals surface area contributed by atoms with Crippen LogP contribution in [0.4, 0.5) is 11.8 Å². The van der Waals surface area contributed by atoms with E-state index in [-0.39, 0.29) is 0 Å². The molecule has 0 saturated carbocycles. The van der Waals surface area contributed by atoms with Crippen LogP contribution in [0.2, 0.25) is 0 Å². The monoisotopic (exact) mass is 521 g/mol. The lowest BCUT2D eigenvalue weighted by Gasteiger charge is -2.22. The largest absolute Gasteiger partial charge is 0.381 e. The van der Waals surface area contributed by atoms with Crippen molar-refractivity contribution >= 4 is 11.8 Å². The highest BCUT2D eigenvalue weighted by Crippen LogP contribution is 2.36. The Morgan fingerprint density at radius 3 is 2.77 bits per heavy atom. The van der Waals surface area contributed by atoms with Gasteiger partial charge in [0.1, 0.15) is 0 Å². The summed E-state index contributed by atoms with van der Waals surface area (Å²) in [5.74, 6) is 1.26. The molecule has 0 atom stereocenters. The molecule has 5 heterocycles. The van der Waals surface area contributed by atoms with Crippen LogP contribution in [0.1, 0.15) is 41.4 Å². The Morgan fingerprint density at radius 1 is 1.03 bits per heavy atom. The van der Waals surface area contributed by atoms with Gasteiger partial charge in [-0.3, -0.25) is 14.0 Å². The Hall–Kier alpha value is -4.31. The quantitative estimate of drug-likeness (QED) is 0.356. The van der Waals surface area contributed by atoms with Gasteiger partial charge in [-0.25, -0.2) is 9.97 Å². The molecular formula is C29H31N9O. The summed E-state index contributed by atoms with van der Waals surface area (Å²) in [6.07, 6.45) is 12.5. The third kappa shape index (κ3) is 4.61. The standard InChI is InChI=1S/C29H31N9O/c1-36-11-8-26(35-36)32-29-30-16-21-6-7-24-27(28(21)33-29)25(37(2)34-24)15-19-4-3-5-20(14-19)22-17-31-38(18-22)23-9-12-39-13-10-23/h3-5,8,11,14,16-18,23H,6-7,9-10,12-13,15H2,1-2H3,(H,30,32,33,35). The third-order valence-electron chi connectivity index (χ3n) is 7.72. The topological polar surface area (TPSA) is 100 Å². The first-order valence-electron chi connectivity index (χ1n) is 13.5. The Morgan fingerprint density at radius 2 is 1.92 bits per heavy atom. The molecule has 7 rings (SSSR count). The van der Waals surface area contributed by atoms with Crippen molar-refractivity contribution in [2.45, 2.75) is 38.1 Å². The fourth-order valence-electron chi connectivity index (χ4n) is 5.68. The van der Waals surface area contributed by atoms with Crippen LogP contribution in [0.3, 0.4) is 0 Å². The zero-order valence-electron chi connectivity index (χ0n) is 22.2. The molecule has 2 aliphatic rings. The predicted octanol–water partition coefficient (Wildman–Crippen LogP) is 4.26. The SMILES string of the molecule is Cn1ccc(Nc2ncc3c(n2)-c2c(nn(C)c2Cc2cccc(-c4cnn(C5CCOCC5)c4)c2)CC3)n1. The molecule has 5 aromatic rings. The summed E-state index contributed by atoms with van der Waals surface area (Å²) in [5, 5.41) is 17.2. The van der Waals surface area contributed by atoms with Crippen molar-refractivity contribution in [3.8, 4) is 22.4 Å². The molecule has 1 saturated heterocycles. The fourth-order valence-corrected chi connectivity index (χ4v) is 5.68. The Balaban J connectivity index is 1.18. The van der Waals surface area contributed by atoms with Crippen LogP contribution in [-0.4, -0.2) is 52.5 Å². The smallest absolute Gasteiger partial charge is 0.228 e. The lowest BCUT2D eigenvalue weighted by Crippen LogP contribution is -2.19. The van der Waals surface area contributed by atoms with Gasteiger partial charge in [0.05, 0.1) is 29.3 Å². The van der Waals surface area contributed by atoms with Gasteiger partial charge in [0.15, 0.2) is 5.82 Å². The van der Waals surface area contributed by atoms with Crippen molar-refractivity contribution in [1.82, 2.24) is 39.3 Å². The number of nitrogens with zero attached hydrogens (tertiary/aromatic N) is 8. The summed E-state index contributed by atoms with van der Waals surface area (Å²) in [7, 11) is 3.92. The van der Waals surface area contributed by atoms with Crippen molar-refractivity contribution in [1.29, 1.82) is 0 Å². The molecule has 1 aliphatic heterocycles. The summed E-state index contributed by atoms with van der Waals surface area (Å²) in [4.78, 5) is 9.50. The number of benzene rings is 1. The van der Waals surface area contributed by atoms with Gasteiger partial charge in [-0.15, -0.1) is 0 Å². The number of hydrogen-bond acceptors (Lipinski definition) is 7. The van der Waals surface area contributed by atoms with Gasteiger partial charge in [-0.05, 0) is 42.4 Å². The molecule has 1 fully saturated rings. The molecule has 1 aliphatic carbocycles. The van der Waals surface area contributed by atoms with E-state index < -0.39 is 0 Å². The lowest BCUT2D eigenvalue weighted by atomic mass is 9.91. The van der Waals surface area contributed by atoms with Crippen LogP contribution >= 0.6 is 0 Å². The van der Waals surface area contributed by atoms with Gasteiger partial charge in [-0.2, -0.15) is 15.3 Å². The van der Waals surface area contributed by atoms with Gasteiger partial charge in [0.25, 0.3) is 0 Å². The summed E-state index contributed by atoms with van der Waals surface area (Å²) >= 11 is 0. The molecule has 0 amide bonds. The first kappa shape index (κ1) is 23.8. The minimum Gasteiger partial charge on any atom is -0.381 e. The van der Waals surface area contributed by atoms with E-state index in [1.807, 2.05) is 43.4 Å². The number of rotatable bonds is 6. The van der Waals surface area contributed by atoms with E-state index in [2.05, 4.69) is 55.6 Å². The first-order chi connectivity index (χ1) is 19.1. The van der Waals surface area contributed by atoms with Crippen molar-refractivity contribution < 1.29 is 4.74 Å². The number of anilines is 2. The Labute approximate surface area is 226 Å². The van der Waals surface area contributed by atoms with E-state index in [0.29, 0.717) is 12.0 Å². The Bertz CT molecular complexity index is 1640. The maximum Gasteiger partial charge on any atom is 0.228 e. The summed E-state index contributed by atoms with van der Waals surface area (Å²) in [6, 6.07) is 11.1. The molecule has 0 bridgehead atoms. The van der Waals surface area contributed by atoms with Crippen LogP contribution in [0, 0.1) is 0 Å². The van der Waals surface area contributed by atoms with Crippen LogP contribution in [0.15, 0.2) is 55.1 Å². The normalized spacial score (nSPS) is 15.2. The van der Waals surface area contributed by atoms with Gasteiger partial charge >= 0.3 is 0 Å². The van der Waals surface area contributed by atoms with Gasteiger partial charge in [0, 0.05) is 69.5 Å². The van der Waals surface area contributed by atoms with E-state index in [1.165, 1.54) is 11.1 Å². The second-order valence-electron chi connectivity index (χ2n) is 10.4. The van der Waals surface area contributed by atoms with E-state index in [1.54, 1.807) is 4.68 Å².